The van der Waals surface area contributed by atoms with E-state index in [1.54, 1.807) is 18.3 Å². The zero-order valence-electron chi connectivity index (χ0n) is 11.1. The van der Waals surface area contributed by atoms with Gasteiger partial charge in [0, 0.05) is 11.8 Å². The summed E-state index contributed by atoms with van der Waals surface area (Å²) in [5.74, 6) is 0.647. The van der Waals surface area contributed by atoms with E-state index in [0.717, 1.165) is 16.7 Å². The fourth-order valence-corrected chi connectivity index (χ4v) is 3.38. The standard InChI is InChI=1S/C16H11N3O2/c20-9-18-12-4-3-10-7-16(8-11(10)6-12)13-2-1-5-17-14(13)19-15(16)21/h1-6H,7-8H2,(H,17,19,21). The Morgan fingerprint density at radius 1 is 1.24 bits per heavy atom. The molecule has 1 N–H and O–H groups in total. The molecule has 2 aromatic rings. The van der Waals surface area contributed by atoms with E-state index in [1.807, 2.05) is 24.3 Å². The summed E-state index contributed by atoms with van der Waals surface area (Å²) < 4.78 is 0. The number of pyridine rings is 1. The van der Waals surface area contributed by atoms with Gasteiger partial charge in [0.15, 0.2) is 0 Å². The smallest absolute Gasteiger partial charge is 0.240 e. The summed E-state index contributed by atoms with van der Waals surface area (Å²) in [6, 6.07) is 9.38. The van der Waals surface area contributed by atoms with Crippen molar-refractivity contribution in [3.63, 3.8) is 0 Å². The Labute approximate surface area is 120 Å². The molecule has 1 atom stereocenters. The molecule has 0 radical (unpaired) electrons. The van der Waals surface area contributed by atoms with Crippen LogP contribution in [0.25, 0.3) is 0 Å². The van der Waals surface area contributed by atoms with Crippen LogP contribution in [0.2, 0.25) is 0 Å². The van der Waals surface area contributed by atoms with Crippen LogP contribution in [0.1, 0.15) is 16.7 Å². The molecule has 0 bridgehead atoms. The molecule has 5 nitrogen and oxygen atoms in total. The van der Waals surface area contributed by atoms with E-state index in [-0.39, 0.29) is 5.91 Å². The summed E-state index contributed by atoms with van der Waals surface area (Å²) in [7, 11) is 0. The number of anilines is 1. The molecule has 2 aliphatic rings. The van der Waals surface area contributed by atoms with Crippen LogP contribution in [0, 0.1) is 0 Å². The van der Waals surface area contributed by atoms with E-state index in [1.165, 1.54) is 0 Å². The normalized spacial score (nSPS) is 21.6. The molecular formula is C16H11N3O2. The number of aliphatic imine (C=N–C) groups is 1. The highest BCUT2D eigenvalue weighted by molar-refractivity contribution is 6.06. The molecule has 0 fully saturated rings. The molecule has 1 amide bonds. The zero-order valence-corrected chi connectivity index (χ0v) is 11.1. The molecule has 0 saturated heterocycles. The SMILES string of the molecule is O=C=Nc1ccc2c(c1)CC1(C2)C(=O)Nc2ncccc21. The van der Waals surface area contributed by atoms with Crippen LogP contribution >= 0.6 is 0 Å². The molecule has 21 heavy (non-hydrogen) atoms. The van der Waals surface area contributed by atoms with E-state index >= 15 is 0 Å². The van der Waals surface area contributed by atoms with Gasteiger partial charge in [-0.05, 0) is 42.2 Å². The number of carbonyl (C=O) groups excluding carboxylic acids is 2. The van der Waals surface area contributed by atoms with Crippen LogP contribution in [0.4, 0.5) is 11.5 Å². The molecular weight excluding hydrogens is 266 g/mol. The number of nitrogens with one attached hydrogen (secondary N) is 1. The average molecular weight is 277 g/mol. The van der Waals surface area contributed by atoms with Crippen molar-refractivity contribution >= 4 is 23.5 Å². The molecule has 1 unspecified atom stereocenters. The Bertz CT molecular complexity index is 824. The summed E-state index contributed by atoms with van der Waals surface area (Å²) in [6.45, 7) is 0. The summed E-state index contributed by atoms with van der Waals surface area (Å²) >= 11 is 0. The number of hydrogen-bond acceptors (Lipinski definition) is 4. The lowest BCUT2D eigenvalue weighted by atomic mass is 9.79. The monoisotopic (exact) mass is 277 g/mol. The van der Waals surface area contributed by atoms with Gasteiger partial charge in [0.2, 0.25) is 12.0 Å². The maximum absolute atomic E-state index is 12.5. The number of rotatable bonds is 1. The number of carbonyl (C=O) groups is 1. The Morgan fingerprint density at radius 2 is 2.10 bits per heavy atom. The first-order chi connectivity index (χ1) is 10.2. The number of amides is 1. The lowest BCUT2D eigenvalue weighted by Crippen LogP contribution is -2.35. The topological polar surface area (TPSA) is 71.4 Å². The second-order valence-corrected chi connectivity index (χ2v) is 5.45. The molecule has 2 heterocycles. The van der Waals surface area contributed by atoms with E-state index in [2.05, 4.69) is 15.3 Å². The van der Waals surface area contributed by atoms with E-state index in [0.29, 0.717) is 24.3 Å². The van der Waals surface area contributed by atoms with Crippen LogP contribution in [-0.4, -0.2) is 17.0 Å². The average Bonchev–Trinajstić information content (AvgIpc) is 2.99. The second-order valence-electron chi connectivity index (χ2n) is 5.45. The highest BCUT2D eigenvalue weighted by Crippen LogP contribution is 2.46. The van der Waals surface area contributed by atoms with Crippen molar-refractivity contribution in [3.8, 4) is 0 Å². The number of aromatic nitrogens is 1. The Kier molecular flexibility index (Phi) is 2.35. The molecule has 0 saturated carbocycles. The molecule has 102 valence electrons. The van der Waals surface area contributed by atoms with E-state index < -0.39 is 5.41 Å². The number of nitrogens with zero attached hydrogens (tertiary/aromatic N) is 2. The maximum atomic E-state index is 12.5. The van der Waals surface area contributed by atoms with Gasteiger partial charge in [-0.15, -0.1) is 0 Å². The van der Waals surface area contributed by atoms with Gasteiger partial charge in [-0.1, -0.05) is 12.1 Å². The number of hydrogen-bond donors (Lipinski definition) is 1. The van der Waals surface area contributed by atoms with Crippen molar-refractivity contribution in [2.75, 3.05) is 5.32 Å². The minimum absolute atomic E-state index is 0.00663. The quantitative estimate of drug-likeness (QED) is 0.640. The van der Waals surface area contributed by atoms with Crippen LogP contribution in [-0.2, 0) is 27.8 Å². The third-order valence-corrected chi connectivity index (χ3v) is 4.34. The predicted octanol–water partition coefficient (Wildman–Crippen LogP) is 2.04. The summed E-state index contributed by atoms with van der Waals surface area (Å²) in [5, 5.41) is 2.87. The maximum Gasteiger partial charge on any atom is 0.240 e. The van der Waals surface area contributed by atoms with Gasteiger partial charge in [-0.25, -0.2) is 9.78 Å². The van der Waals surface area contributed by atoms with Gasteiger partial charge in [-0.3, -0.25) is 4.79 Å². The first-order valence-electron chi connectivity index (χ1n) is 6.69. The molecule has 4 rings (SSSR count). The second kappa shape index (κ2) is 4.11. The Balaban J connectivity index is 1.83. The largest absolute Gasteiger partial charge is 0.310 e. The van der Waals surface area contributed by atoms with Crippen LogP contribution < -0.4 is 5.32 Å². The van der Waals surface area contributed by atoms with Crippen molar-refractivity contribution in [2.24, 2.45) is 4.99 Å². The Morgan fingerprint density at radius 3 is 2.95 bits per heavy atom. The van der Waals surface area contributed by atoms with Crippen molar-refractivity contribution in [1.82, 2.24) is 4.98 Å². The third kappa shape index (κ3) is 1.58. The van der Waals surface area contributed by atoms with E-state index in [4.69, 9.17) is 0 Å². The van der Waals surface area contributed by atoms with Crippen molar-refractivity contribution in [1.29, 1.82) is 0 Å². The summed E-state index contributed by atoms with van der Waals surface area (Å²) in [4.78, 5) is 30.8. The fraction of sp³-hybridized carbons (Fsp3) is 0.188. The lowest BCUT2D eigenvalue weighted by molar-refractivity contribution is -0.120. The highest BCUT2D eigenvalue weighted by Gasteiger charge is 2.50. The minimum atomic E-state index is -0.574. The minimum Gasteiger partial charge on any atom is -0.310 e. The van der Waals surface area contributed by atoms with Crippen molar-refractivity contribution < 1.29 is 9.59 Å². The third-order valence-electron chi connectivity index (χ3n) is 4.34. The molecule has 5 heteroatoms. The van der Waals surface area contributed by atoms with Crippen molar-refractivity contribution in [2.45, 2.75) is 18.3 Å². The first kappa shape index (κ1) is 12.0. The van der Waals surface area contributed by atoms with Crippen LogP contribution in [0.3, 0.4) is 0 Å². The molecule has 1 aliphatic carbocycles. The van der Waals surface area contributed by atoms with Gasteiger partial charge in [-0.2, -0.15) is 4.99 Å². The van der Waals surface area contributed by atoms with Crippen molar-refractivity contribution in [3.05, 3.63) is 53.2 Å². The number of benzene rings is 1. The summed E-state index contributed by atoms with van der Waals surface area (Å²) in [6.07, 6.45) is 4.48. The summed E-state index contributed by atoms with van der Waals surface area (Å²) in [5.41, 5.74) is 3.12. The van der Waals surface area contributed by atoms with Gasteiger partial charge in [0.05, 0.1) is 11.1 Å². The number of fused-ring (bicyclic) bond motifs is 3. The zero-order chi connectivity index (χ0) is 14.4. The molecule has 1 aromatic heterocycles. The van der Waals surface area contributed by atoms with Gasteiger partial charge >= 0.3 is 0 Å². The Hall–Kier alpha value is -2.78. The molecule has 1 aliphatic heterocycles. The molecule has 1 aromatic carbocycles. The van der Waals surface area contributed by atoms with E-state index in [9.17, 15) is 9.59 Å². The van der Waals surface area contributed by atoms with Gasteiger partial charge < -0.3 is 5.32 Å². The van der Waals surface area contributed by atoms with Gasteiger partial charge in [0.25, 0.3) is 0 Å². The number of isocyanates is 1. The first-order valence-corrected chi connectivity index (χ1v) is 6.69. The predicted molar refractivity (Wildman–Crippen MR) is 76.2 cm³/mol. The fourth-order valence-electron chi connectivity index (χ4n) is 3.38. The van der Waals surface area contributed by atoms with Crippen LogP contribution in [0.5, 0.6) is 0 Å². The van der Waals surface area contributed by atoms with Gasteiger partial charge in [0.1, 0.15) is 5.82 Å². The lowest BCUT2D eigenvalue weighted by Gasteiger charge is -2.20. The van der Waals surface area contributed by atoms with Crippen LogP contribution in [0.15, 0.2) is 41.5 Å². The highest BCUT2D eigenvalue weighted by atomic mass is 16.2. The molecule has 1 spiro atoms.